The third kappa shape index (κ3) is 8.24. The number of rotatable bonds is 4. The van der Waals surface area contributed by atoms with Gasteiger partial charge >= 0.3 is 18.2 Å². The average molecular weight is 550 g/mol. The van der Waals surface area contributed by atoms with Crippen molar-refractivity contribution in [3.63, 3.8) is 0 Å². The minimum absolute atomic E-state index is 0.0208. The van der Waals surface area contributed by atoms with E-state index in [2.05, 4.69) is 16.8 Å². The summed E-state index contributed by atoms with van der Waals surface area (Å²) in [5.41, 5.74) is 1.66. The third-order valence-corrected chi connectivity index (χ3v) is 5.29. The van der Waals surface area contributed by atoms with Crippen LogP contribution in [0.5, 0.6) is 0 Å². The van der Waals surface area contributed by atoms with Crippen molar-refractivity contribution in [3.8, 4) is 11.8 Å². The van der Waals surface area contributed by atoms with Crippen LogP contribution < -0.4 is 0 Å². The Labute approximate surface area is 234 Å². The van der Waals surface area contributed by atoms with Gasteiger partial charge in [-0.25, -0.2) is 19.4 Å². The van der Waals surface area contributed by atoms with Crippen molar-refractivity contribution in [1.82, 2.24) is 14.6 Å². The first kappa shape index (κ1) is 30.0. The first-order valence-electron chi connectivity index (χ1n) is 12.7. The van der Waals surface area contributed by atoms with Gasteiger partial charge in [0.2, 0.25) is 0 Å². The lowest BCUT2D eigenvalue weighted by Crippen LogP contribution is -2.40. The number of carbonyl (C=O) groups excluding carboxylic acids is 3. The summed E-state index contributed by atoms with van der Waals surface area (Å²) in [6.45, 7) is 12.3. The fourth-order valence-corrected chi connectivity index (χ4v) is 3.57. The molecule has 212 valence electrons. The van der Waals surface area contributed by atoms with Crippen molar-refractivity contribution >= 4 is 29.1 Å². The second-order valence-corrected chi connectivity index (χ2v) is 11.1. The Hall–Kier alpha value is -4.52. The minimum Gasteiger partial charge on any atom is -0.464 e. The molecule has 3 rings (SSSR count). The van der Waals surface area contributed by atoms with Crippen LogP contribution in [0, 0.1) is 18.8 Å². The monoisotopic (exact) mass is 549 g/mol. The Morgan fingerprint density at radius 3 is 2.23 bits per heavy atom. The molecule has 0 unspecified atom stereocenters. The maximum Gasteiger partial charge on any atom is 0.534 e. The highest BCUT2D eigenvalue weighted by Crippen LogP contribution is 2.23. The standard InChI is InChI=1S/C30H35N3O7/c1-20-11-13-21(14-12-20)19-32-17-15-22-23(25(26(34)37-8)31-18-24(22)32)10-9-16-33(27(35)38-29(2,3)4)40-28(36)39-30(5,6)7/h11-15,17-18H,16,19H2,1-8H3. The molecule has 0 N–H and O–H groups in total. The Morgan fingerprint density at radius 2 is 1.62 bits per heavy atom. The number of hydroxylamine groups is 2. The first-order chi connectivity index (χ1) is 18.7. The van der Waals surface area contributed by atoms with Gasteiger partial charge in [-0.3, -0.25) is 4.84 Å². The summed E-state index contributed by atoms with van der Waals surface area (Å²) in [4.78, 5) is 47.0. The van der Waals surface area contributed by atoms with Crippen molar-refractivity contribution in [1.29, 1.82) is 0 Å². The second-order valence-electron chi connectivity index (χ2n) is 11.1. The predicted octanol–water partition coefficient (Wildman–Crippen LogP) is 5.63. The Bertz CT molecular complexity index is 1450. The normalized spacial score (nSPS) is 11.3. The number of amides is 1. The zero-order valence-electron chi connectivity index (χ0n) is 24.2. The second kappa shape index (κ2) is 12.1. The highest BCUT2D eigenvalue weighted by atomic mass is 16.8. The fourth-order valence-electron chi connectivity index (χ4n) is 3.57. The molecule has 0 saturated carbocycles. The van der Waals surface area contributed by atoms with Gasteiger partial charge in [0.1, 0.15) is 17.7 Å². The number of fused-ring (bicyclic) bond motifs is 1. The van der Waals surface area contributed by atoms with Crippen molar-refractivity contribution in [2.45, 2.75) is 66.2 Å². The van der Waals surface area contributed by atoms with E-state index in [-0.39, 0.29) is 12.2 Å². The van der Waals surface area contributed by atoms with E-state index < -0.39 is 29.4 Å². The number of aromatic nitrogens is 2. The zero-order chi connectivity index (χ0) is 29.7. The molecule has 0 aliphatic rings. The third-order valence-electron chi connectivity index (χ3n) is 5.29. The van der Waals surface area contributed by atoms with Gasteiger partial charge in [-0.05, 0) is 60.1 Å². The molecule has 40 heavy (non-hydrogen) atoms. The van der Waals surface area contributed by atoms with E-state index in [4.69, 9.17) is 19.0 Å². The zero-order valence-corrected chi connectivity index (χ0v) is 24.2. The van der Waals surface area contributed by atoms with E-state index in [1.165, 1.54) is 12.7 Å². The van der Waals surface area contributed by atoms with Gasteiger partial charge in [0.25, 0.3) is 0 Å². The molecule has 2 aromatic heterocycles. The molecule has 10 heteroatoms. The fraction of sp³-hybridized carbons (Fsp3) is 0.400. The Kier molecular flexibility index (Phi) is 9.10. The van der Waals surface area contributed by atoms with Gasteiger partial charge in [0, 0.05) is 18.1 Å². The van der Waals surface area contributed by atoms with Crippen LogP contribution in [-0.4, -0.2) is 57.7 Å². The molecule has 10 nitrogen and oxygen atoms in total. The Balaban J connectivity index is 1.96. The largest absolute Gasteiger partial charge is 0.534 e. The van der Waals surface area contributed by atoms with E-state index in [1.807, 2.05) is 48.0 Å². The number of hydrogen-bond acceptors (Lipinski definition) is 8. The molecule has 1 aromatic carbocycles. The summed E-state index contributed by atoms with van der Waals surface area (Å²) in [5.74, 6) is 5.06. The predicted molar refractivity (Wildman–Crippen MR) is 148 cm³/mol. The summed E-state index contributed by atoms with van der Waals surface area (Å²) in [6, 6.07) is 10.0. The molecule has 0 bridgehead atoms. The highest BCUT2D eigenvalue weighted by molar-refractivity contribution is 5.98. The number of benzene rings is 1. The van der Waals surface area contributed by atoms with Crippen LogP contribution in [0.3, 0.4) is 0 Å². The van der Waals surface area contributed by atoms with Crippen molar-refractivity contribution < 1.29 is 33.4 Å². The van der Waals surface area contributed by atoms with E-state index in [0.29, 0.717) is 22.6 Å². The summed E-state index contributed by atoms with van der Waals surface area (Å²) < 4.78 is 17.4. The maximum absolute atomic E-state index is 12.7. The molecule has 0 atom stereocenters. The molecular weight excluding hydrogens is 514 g/mol. The van der Waals surface area contributed by atoms with Gasteiger partial charge in [-0.2, -0.15) is 0 Å². The molecule has 0 spiro atoms. The number of aryl methyl sites for hydroxylation is 1. The SMILES string of the molecule is COC(=O)c1ncc2c(ccn2Cc2ccc(C)cc2)c1C#CCN(OC(=O)OC(C)(C)C)C(=O)OC(C)(C)C. The number of nitrogens with zero attached hydrogens (tertiary/aromatic N) is 3. The minimum atomic E-state index is -1.09. The van der Waals surface area contributed by atoms with Crippen LogP contribution in [0.2, 0.25) is 0 Å². The van der Waals surface area contributed by atoms with Crippen molar-refractivity contribution in [2.75, 3.05) is 13.7 Å². The van der Waals surface area contributed by atoms with E-state index >= 15 is 0 Å². The first-order valence-corrected chi connectivity index (χ1v) is 12.7. The lowest BCUT2D eigenvalue weighted by atomic mass is 10.1. The van der Waals surface area contributed by atoms with Crippen molar-refractivity contribution in [2.24, 2.45) is 0 Å². The molecule has 1 amide bonds. The number of esters is 1. The van der Waals surface area contributed by atoms with Crippen LogP contribution >= 0.6 is 0 Å². The average Bonchev–Trinajstić information content (AvgIpc) is 3.25. The van der Waals surface area contributed by atoms with Crippen LogP contribution in [0.1, 0.15) is 68.7 Å². The lowest BCUT2D eigenvalue weighted by Gasteiger charge is -2.26. The Morgan fingerprint density at radius 1 is 0.975 bits per heavy atom. The molecule has 0 fully saturated rings. The smallest absolute Gasteiger partial charge is 0.464 e. The molecule has 3 aromatic rings. The number of methoxy groups -OCH3 is 1. The van der Waals surface area contributed by atoms with Gasteiger partial charge < -0.3 is 18.8 Å². The van der Waals surface area contributed by atoms with E-state index in [0.717, 1.165) is 11.1 Å². The van der Waals surface area contributed by atoms with Crippen LogP contribution in [-0.2, 0) is 25.6 Å². The summed E-state index contributed by atoms with van der Waals surface area (Å²) in [6.07, 6.45) is 1.46. The maximum atomic E-state index is 12.7. The summed E-state index contributed by atoms with van der Waals surface area (Å²) in [7, 11) is 1.26. The van der Waals surface area contributed by atoms with Crippen molar-refractivity contribution in [3.05, 3.63) is 65.1 Å². The van der Waals surface area contributed by atoms with Gasteiger partial charge in [0.05, 0.1) is 24.4 Å². The topological polar surface area (TPSA) is 109 Å². The number of ether oxygens (including phenoxy) is 3. The van der Waals surface area contributed by atoms with E-state index in [9.17, 15) is 14.4 Å². The van der Waals surface area contributed by atoms with Gasteiger partial charge in [0.15, 0.2) is 5.69 Å². The van der Waals surface area contributed by atoms with Gasteiger partial charge in [-0.1, -0.05) is 41.7 Å². The molecule has 0 aliphatic carbocycles. The number of carbonyl (C=O) groups is 3. The van der Waals surface area contributed by atoms with E-state index in [1.54, 1.807) is 47.7 Å². The number of pyridine rings is 1. The number of hydrogen-bond donors (Lipinski definition) is 0. The molecule has 2 heterocycles. The lowest BCUT2D eigenvalue weighted by molar-refractivity contribution is -0.129. The van der Waals surface area contributed by atoms with Crippen LogP contribution in [0.25, 0.3) is 10.9 Å². The highest BCUT2D eigenvalue weighted by Gasteiger charge is 2.28. The summed E-state index contributed by atoms with van der Waals surface area (Å²) in [5, 5.41) is 1.34. The molecule has 0 radical (unpaired) electrons. The molecular formula is C30H35N3O7. The van der Waals surface area contributed by atoms with Crippen LogP contribution in [0.4, 0.5) is 9.59 Å². The molecule has 0 aliphatic heterocycles. The van der Waals surface area contributed by atoms with Crippen LogP contribution in [0.15, 0.2) is 42.7 Å². The quantitative estimate of drug-likeness (QED) is 0.178. The molecule has 0 saturated heterocycles. The van der Waals surface area contributed by atoms with Gasteiger partial charge in [-0.15, -0.1) is 5.06 Å². The summed E-state index contributed by atoms with van der Waals surface area (Å²) >= 11 is 0.